The second-order valence-electron chi connectivity index (χ2n) is 6.76. The summed E-state index contributed by atoms with van der Waals surface area (Å²) in [4.78, 5) is 12.4. The minimum Gasteiger partial charge on any atom is -0.497 e. The van der Waals surface area contributed by atoms with Gasteiger partial charge in [-0.05, 0) is 54.7 Å². The smallest absolute Gasteiger partial charge is 0.319 e. The van der Waals surface area contributed by atoms with Crippen LogP contribution in [0, 0.1) is 0 Å². The average molecular weight is 386 g/mol. The molecule has 28 heavy (non-hydrogen) atoms. The third-order valence-corrected chi connectivity index (χ3v) is 5.04. The number of aliphatic hydroxyl groups is 1. The molecule has 7 nitrogen and oxygen atoms in total. The summed E-state index contributed by atoms with van der Waals surface area (Å²) in [6.45, 7) is 0.102. The Morgan fingerprint density at radius 2 is 1.96 bits per heavy atom. The molecule has 3 rings (SSSR count). The molecule has 0 radical (unpaired) electrons. The fraction of sp³-hybridized carbons (Fsp3) is 0.381. The summed E-state index contributed by atoms with van der Waals surface area (Å²) in [5.41, 5.74) is 1.25. The van der Waals surface area contributed by atoms with Crippen LogP contribution in [0.2, 0.25) is 0 Å². The lowest BCUT2D eigenvalue weighted by molar-refractivity contribution is 0.0220. The molecule has 0 aliphatic heterocycles. The number of amides is 2. The highest BCUT2D eigenvalue weighted by molar-refractivity contribution is 5.91. The summed E-state index contributed by atoms with van der Waals surface area (Å²) in [5.74, 6) is 1.72. The molecule has 0 saturated carbocycles. The molecule has 0 heterocycles. The number of carbonyl (C=O) groups is 1. The first kappa shape index (κ1) is 19.8. The number of fused-ring (bicyclic) bond motifs is 1. The van der Waals surface area contributed by atoms with Gasteiger partial charge in [-0.1, -0.05) is 12.1 Å². The molecule has 2 amide bonds. The third-order valence-electron chi connectivity index (χ3n) is 5.04. The molecule has 0 spiro atoms. The van der Waals surface area contributed by atoms with E-state index >= 15 is 0 Å². The Morgan fingerprint density at radius 1 is 1.14 bits per heavy atom. The summed E-state index contributed by atoms with van der Waals surface area (Å²) < 4.78 is 15.8. The van der Waals surface area contributed by atoms with Gasteiger partial charge >= 0.3 is 6.03 Å². The number of benzene rings is 2. The van der Waals surface area contributed by atoms with Crippen LogP contribution in [0.1, 0.15) is 24.0 Å². The Morgan fingerprint density at radius 3 is 2.68 bits per heavy atom. The predicted molar refractivity (Wildman–Crippen MR) is 106 cm³/mol. The number of nitrogens with one attached hydrogen (secondary N) is 2. The summed E-state index contributed by atoms with van der Waals surface area (Å²) in [7, 11) is 4.67. The van der Waals surface area contributed by atoms with Crippen LogP contribution >= 0.6 is 0 Å². The quantitative estimate of drug-likeness (QED) is 0.710. The van der Waals surface area contributed by atoms with E-state index in [-0.39, 0.29) is 6.54 Å². The molecule has 0 unspecified atom stereocenters. The van der Waals surface area contributed by atoms with Gasteiger partial charge in [-0.3, -0.25) is 0 Å². The molecule has 0 fully saturated rings. The minimum absolute atomic E-state index is 0.102. The SMILES string of the molecule is COc1ccc2c(c1)CCC[C@]2(O)CNC(=O)Nc1cccc(OC)c1OC. The van der Waals surface area contributed by atoms with E-state index < -0.39 is 11.6 Å². The fourth-order valence-electron chi connectivity index (χ4n) is 3.63. The van der Waals surface area contributed by atoms with E-state index in [1.807, 2.05) is 18.2 Å². The van der Waals surface area contributed by atoms with E-state index in [4.69, 9.17) is 14.2 Å². The normalized spacial score (nSPS) is 18.0. The van der Waals surface area contributed by atoms with Crippen molar-refractivity contribution in [1.82, 2.24) is 5.32 Å². The van der Waals surface area contributed by atoms with Crippen LogP contribution in [0.4, 0.5) is 10.5 Å². The number of carbonyl (C=O) groups excluding carboxylic acids is 1. The summed E-state index contributed by atoms with van der Waals surface area (Å²) in [5, 5.41) is 16.7. The molecule has 7 heteroatoms. The summed E-state index contributed by atoms with van der Waals surface area (Å²) in [6.07, 6.45) is 2.29. The molecule has 0 saturated heterocycles. The number of anilines is 1. The molecule has 0 bridgehead atoms. The van der Waals surface area contributed by atoms with Gasteiger partial charge in [-0.2, -0.15) is 0 Å². The number of hydrogen-bond donors (Lipinski definition) is 3. The number of hydrogen-bond acceptors (Lipinski definition) is 5. The van der Waals surface area contributed by atoms with Crippen molar-refractivity contribution in [3.63, 3.8) is 0 Å². The van der Waals surface area contributed by atoms with E-state index in [9.17, 15) is 9.90 Å². The number of urea groups is 1. The van der Waals surface area contributed by atoms with E-state index in [1.165, 1.54) is 14.2 Å². The monoisotopic (exact) mass is 386 g/mol. The number of methoxy groups -OCH3 is 3. The maximum Gasteiger partial charge on any atom is 0.319 e. The molecule has 2 aromatic carbocycles. The van der Waals surface area contributed by atoms with E-state index in [2.05, 4.69) is 10.6 Å². The minimum atomic E-state index is -1.12. The van der Waals surface area contributed by atoms with Crippen molar-refractivity contribution in [2.24, 2.45) is 0 Å². The average Bonchev–Trinajstić information content (AvgIpc) is 2.72. The highest BCUT2D eigenvalue weighted by Gasteiger charge is 2.35. The molecular formula is C21H26N2O5. The van der Waals surface area contributed by atoms with Gasteiger partial charge in [0.05, 0.1) is 33.6 Å². The largest absolute Gasteiger partial charge is 0.497 e. The summed E-state index contributed by atoms with van der Waals surface area (Å²) in [6, 6.07) is 10.4. The Labute approximate surface area is 164 Å². The van der Waals surface area contributed by atoms with E-state index in [0.29, 0.717) is 23.6 Å². The first-order chi connectivity index (χ1) is 13.5. The third kappa shape index (κ3) is 3.99. The Hall–Kier alpha value is -2.93. The zero-order valence-corrected chi connectivity index (χ0v) is 16.4. The van der Waals surface area contributed by atoms with E-state index in [0.717, 1.165) is 29.7 Å². The highest BCUT2D eigenvalue weighted by Crippen LogP contribution is 2.37. The lowest BCUT2D eigenvalue weighted by Crippen LogP contribution is -2.44. The van der Waals surface area contributed by atoms with Crippen LogP contribution in [-0.4, -0.2) is 39.0 Å². The molecule has 2 aromatic rings. The van der Waals surface area contributed by atoms with Crippen LogP contribution in [0.3, 0.4) is 0 Å². The zero-order valence-electron chi connectivity index (χ0n) is 16.4. The molecule has 1 aliphatic rings. The molecule has 1 aliphatic carbocycles. The van der Waals surface area contributed by atoms with Crippen LogP contribution < -0.4 is 24.8 Å². The van der Waals surface area contributed by atoms with Gasteiger partial charge in [-0.25, -0.2) is 4.79 Å². The highest BCUT2D eigenvalue weighted by atomic mass is 16.5. The van der Waals surface area contributed by atoms with Crippen molar-refractivity contribution in [2.45, 2.75) is 24.9 Å². The van der Waals surface area contributed by atoms with Crippen molar-refractivity contribution in [3.05, 3.63) is 47.5 Å². The van der Waals surface area contributed by atoms with Crippen LogP contribution in [0.5, 0.6) is 17.2 Å². The Balaban J connectivity index is 1.70. The lowest BCUT2D eigenvalue weighted by atomic mass is 9.79. The first-order valence-corrected chi connectivity index (χ1v) is 9.16. The number of ether oxygens (including phenoxy) is 3. The maximum absolute atomic E-state index is 12.4. The van der Waals surface area contributed by atoms with Crippen molar-refractivity contribution in [1.29, 1.82) is 0 Å². The van der Waals surface area contributed by atoms with Gasteiger partial charge in [0.1, 0.15) is 11.4 Å². The number of rotatable bonds is 6. The second-order valence-corrected chi connectivity index (χ2v) is 6.76. The molecule has 3 N–H and O–H groups in total. The standard InChI is InChI=1S/C21H26N2O5/c1-26-15-9-10-16-14(12-15)6-5-11-21(16,25)13-22-20(24)23-17-7-4-8-18(27-2)19(17)28-3/h4,7-10,12,25H,5-6,11,13H2,1-3H3,(H2,22,23,24)/t21-/m0/s1. The topological polar surface area (TPSA) is 89.1 Å². The molecular weight excluding hydrogens is 360 g/mol. The van der Waals surface area contributed by atoms with Gasteiger partial charge in [-0.15, -0.1) is 0 Å². The molecule has 0 aromatic heterocycles. The Kier molecular flexibility index (Phi) is 5.94. The Bertz CT molecular complexity index is 855. The zero-order chi connectivity index (χ0) is 20.1. The van der Waals surface area contributed by atoms with Crippen LogP contribution in [0.15, 0.2) is 36.4 Å². The predicted octanol–water partition coefficient (Wildman–Crippen LogP) is 3.06. The molecule has 150 valence electrons. The van der Waals surface area contributed by atoms with Crippen molar-refractivity contribution >= 4 is 11.7 Å². The fourth-order valence-corrected chi connectivity index (χ4v) is 3.63. The first-order valence-electron chi connectivity index (χ1n) is 9.16. The molecule has 1 atom stereocenters. The number of para-hydroxylation sites is 1. The van der Waals surface area contributed by atoms with Gasteiger partial charge in [0.15, 0.2) is 11.5 Å². The van der Waals surface area contributed by atoms with Gasteiger partial charge in [0, 0.05) is 0 Å². The van der Waals surface area contributed by atoms with Crippen molar-refractivity contribution in [3.8, 4) is 17.2 Å². The number of aryl methyl sites for hydroxylation is 1. The van der Waals surface area contributed by atoms with Crippen molar-refractivity contribution in [2.75, 3.05) is 33.2 Å². The second kappa shape index (κ2) is 8.39. The lowest BCUT2D eigenvalue weighted by Gasteiger charge is -2.35. The van der Waals surface area contributed by atoms with Gasteiger partial charge in [0.2, 0.25) is 0 Å². The summed E-state index contributed by atoms with van der Waals surface area (Å²) >= 11 is 0. The van der Waals surface area contributed by atoms with Crippen LogP contribution in [0.25, 0.3) is 0 Å². The van der Waals surface area contributed by atoms with E-state index in [1.54, 1.807) is 25.3 Å². The van der Waals surface area contributed by atoms with Crippen LogP contribution in [-0.2, 0) is 12.0 Å². The maximum atomic E-state index is 12.4. The van der Waals surface area contributed by atoms with Gasteiger partial charge < -0.3 is 30.0 Å². The van der Waals surface area contributed by atoms with Gasteiger partial charge in [0.25, 0.3) is 0 Å². The van der Waals surface area contributed by atoms with Crippen molar-refractivity contribution < 1.29 is 24.1 Å².